The lowest BCUT2D eigenvalue weighted by atomic mass is 10.0. The van der Waals surface area contributed by atoms with Gasteiger partial charge in [-0.05, 0) is 36.5 Å². The second-order valence-corrected chi connectivity index (χ2v) is 9.15. The number of aliphatic imine (C=N–C) groups is 1. The van der Waals surface area contributed by atoms with Crippen molar-refractivity contribution in [3.05, 3.63) is 29.8 Å². The molecule has 0 bridgehead atoms. The SMILES string of the molecule is CC(C)c1ccc(NC(=O)CC2CSC(=NC3CCCCCC3)N2C)cc1. The van der Waals surface area contributed by atoms with Crippen LogP contribution in [0.1, 0.15) is 70.3 Å². The van der Waals surface area contributed by atoms with E-state index >= 15 is 0 Å². The third kappa shape index (κ3) is 5.74. The van der Waals surface area contributed by atoms with Crippen molar-refractivity contribution in [1.82, 2.24) is 4.90 Å². The molecule has 1 saturated heterocycles. The van der Waals surface area contributed by atoms with Crippen molar-refractivity contribution in [2.45, 2.75) is 76.8 Å². The van der Waals surface area contributed by atoms with E-state index in [4.69, 9.17) is 4.99 Å². The predicted molar refractivity (Wildman–Crippen MR) is 117 cm³/mol. The van der Waals surface area contributed by atoms with Crippen molar-refractivity contribution in [3.63, 3.8) is 0 Å². The number of amides is 1. The van der Waals surface area contributed by atoms with Gasteiger partial charge in [0.1, 0.15) is 0 Å². The molecule has 1 amide bonds. The summed E-state index contributed by atoms with van der Waals surface area (Å²) in [5.74, 6) is 1.53. The molecule has 1 saturated carbocycles. The first-order chi connectivity index (χ1) is 13.0. The van der Waals surface area contributed by atoms with Gasteiger partial charge in [0.15, 0.2) is 5.17 Å². The zero-order valence-electron chi connectivity index (χ0n) is 16.9. The molecule has 0 spiro atoms. The van der Waals surface area contributed by atoms with Crippen LogP contribution in [0.25, 0.3) is 0 Å². The number of nitrogens with zero attached hydrogens (tertiary/aromatic N) is 2. The zero-order chi connectivity index (χ0) is 19.2. The molecule has 1 unspecified atom stereocenters. The van der Waals surface area contributed by atoms with E-state index < -0.39 is 0 Å². The first kappa shape index (κ1) is 20.2. The average Bonchev–Trinajstić information content (AvgIpc) is 2.85. The molecule has 1 aromatic rings. The van der Waals surface area contributed by atoms with Crippen LogP contribution in [0.5, 0.6) is 0 Å². The molecule has 3 rings (SSSR count). The first-order valence-electron chi connectivity index (χ1n) is 10.4. The van der Waals surface area contributed by atoms with Gasteiger partial charge in [-0.1, -0.05) is 63.4 Å². The van der Waals surface area contributed by atoms with Crippen LogP contribution in [-0.2, 0) is 4.79 Å². The van der Waals surface area contributed by atoms with Crippen LogP contribution in [0, 0.1) is 0 Å². The smallest absolute Gasteiger partial charge is 0.226 e. The van der Waals surface area contributed by atoms with E-state index in [1.807, 2.05) is 23.9 Å². The summed E-state index contributed by atoms with van der Waals surface area (Å²) in [6.07, 6.45) is 8.26. The molecule has 1 aromatic carbocycles. The monoisotopic (exact) mass is 387 g/mol. The minimum atomic E-state index is 0.0838. The van der Waals surface area contributed by atoms with E-state index in [1.54, 1.807) is 0 Å². The molecule has 4 nitrogen and oxygen atoms in total. The van der Waals surface area contributed by atoms with Crippen LogP contribution in [0.3, 0.4) is 0 Å². The van der Waals surface area contributed by atoms with Crippen molar-refractivity contribution < 1.29 is 4.79 Å². The summed E-state index contributed by atoms with van der Waals surface area (Å²) in [5.41, 5.74) is 2.17. The fourth-order valence-electron chi connectivity index (χ4n) is 3.79. The summed E-state index contributed by atoms with van der Waals surface area (Å²) in [5, 5.41) is 4.17. The Morgan fingerprint density at radius 3 is 2.48 bits per heavy atom. The highest BCUT2D eigenvalue weighted by molar-refractivity contribution is 8.14. The van der Waals surface area contributed by atoms with Crippen molar-refractivity contribution in [2.24, 2.45) is 4.99 Å². The summed E-state index contributed by atoms with van der Waals surface area (Å²) in [6, 6.07) is 8.89. The van der Waals surface area contributed by atoms with Gasteiger partial charge in [-0.15, -0.1) is 0 Å². The standard InChI is InChI=1S/C22H33N3OS/c1-16(2)17-10-12-19(13-11-17)23-21(26)14-20-15-27-22(25(20)3)24-18-8-6-4-5-7-9-18/h10-13,16,18,20H,4-9,14-15H2,1-3H3,(H,23,26). The normalized spacial score (nSPS) is 23.0. The van der Waals surface area contributed by atoms with Gasteiger partial charge in [-0.25, -0.2) is 0 Å². The Balaban J connectivity index is 1.52. The van der Waals surface area contributed by atoms with E-state index in [0.717, 1.165) is 16.6 Å². The predicted octanol–water partition coefficient (Wildman–Crippen LogP) is 5.26. The third-order valence-electron chi connectivity index (χ3n) is 5.65. The molecule has 148 valence electrons. The molecule has 5 heteroatoms. The molecule has 0 radical (unpaired) electrons. The lowest BCUT2D eigenvalue weighted by molar-refractivity contribution is -0.116. The number of nitrogens with one attached hydrogen (secondary N) is 1. The van der Waals surface area contributed by atoms with Gasteiger partial charge < -0.3 is 10.2 Å². The Hall–Kier alpha value is -1.49. The average molecular weight is 388 g/mol. The first-order valence-corrected chi connectivity index (χ1v) is 11.3. The molecule has 1 aliphatic carbocycles. The molecular formula is C22H33N3OS. The number of carbonyl (C=O) groups is 1. The van der Waals surface area contributed by atoms with Crippen molar-refractivity contribution in [1.29, 1.82) is 0 Å². The maximum atomic E-state index is 12.5. The Morgan fingerprint density at radius 2 is 1.85 bits per heavy atom. The van der Waals surface area contributed by atoms with Gasteiger partial charge in [-0.2, -0.15) is 0 Å². The minimum Gasteiger partial charge on any atom is -0.350 e. The number of benzene rings is 1. The maximum Gasteiger partial charge on any atom is 0.226 e. The fraction of sp³-hybridized carbons (Fsp3) is 0.636. The summed E-state index contributed by atoms with van der Waals surface area (Å²) in [4.78, 5) is 19.7. The van der Waals surface area contributed by atoms with Gasteiger partial charge >= 0.3 is 0 Å². The Labute approximate surface area is 168 Å². The number of rotatable bonds is 5. The third-order valence-corrected chi connectivity index (χ3v) is 6.86. The molecule has 1 atom stereocenters. The molecule has 1 aliphatic heterocycles. The Bertz CT molecular complexity index is 648. The Morgan fingerprint density at radius 1 is 1.19 bits per heavy atom. The molecule has 2 fully saturated rings. The number of hydrogen-bond acceptors (Lipinski definition) is 3. The van der Waals surface area contributed by atoms with Crippen molar-refractivity contribution in [2.75, 3.05) is 18.1 Å². The van der Waals surface area contributed by atoms with Gasteiger partial charge in [0.25, 0.3) is 0 Å². The lowest BCUT2D eigenvalue weighted by Crippen LogP contribution is -2.34. The van der Waals surface area contributed by atoms with E-state index in [1.165, 1.54) is 44.1 Å². The molecule has 1 N–H and O–H groups in total. The minimum absolute atomic E-state index is 0.0838. The van der Waals surface area contributed by atoms with Crippen LogP contribution < -0.4 is 5.32 Å². The van der Waals surface area contributed by atoms with Crippen molar-refractivity contribution in [3.8, 4) is 0 Å². The van der Waals surface area contributed by atoms with E-state index in [9.17, 15) is 4.79 Å². The summed E-state index contributed by atoms with van der Waals surface area (Å²) < 4.78 is 0. The summed E-state index contributed by atoms with van der Waals surface area (Å²) >= 11 is 1.81. The van der Waals surface area contributed by atoms with Gasteiger partial charge in [-0.3, -0.25) is 9.79 Å². The van der Waals surface area contributed by atoms with Gasteiger partial charge in [0.05, 0.1) is 6.04 Å². The molecule has 2 aliphatic rings. The maximum absolute atomic E-state index is 12.5. The van der Waals surface area contributed by atoms with E-state index in [0.29, 0.717) is 18.4 Å². The highest BCUT2D eigenvalue weighted by Gasteiger charge is 2.29. The largest absolute Gasteiger partial charge is 0.350 e. The van der Waals surface area contributed by atoms with Crippen LogP contribution in [0.2, 0.25) is 0 Å². The molecular weight excluding hydrogens is 354 g/mol. The number of hydrogen-bond donors (Lipinski definition) is 1. The van der Waals surface area contributed by atoms with E-state index in [2.05, 4.69) is 43.2 Å². The second kappa shape index (κ2) is 9.63. The van der Waals surface area contributed by atoms with Gasteiger partial charge in [0.2, 0.25) is 5.91 Å². The lowest BCUT2D eigenvalue weighted by Gasteiger charge is -2.21. The number of thioether (sulfide) groups is 1. The quantitative estimate of drug-likeness (QED) is 0.701. The van der Waals surface area contributed by atoms with Crippen LogP contribution in [-0.4, -0.2) is 40.9 Å². The number of amidine groups is 1. The Kier molecular flexibility index (Phi) is 7.22. The summed E-state index contributed by atoms with van der Waals surface area (Å²) in [7, 11) is 2.09. The van der Waals surface area contributed by atoms with Crippen LogP contribution >= 0.6 is 11.8 Å². The van der Waals surface area contributed by atoms with Crippen LogP contribution in [0.4, 0.5) is 5.69 Å². The summed E-state index contributed by atoms with van der Waals surface area (Å²) in [6.45, 7) is 4.35. The highest BCUT2D eigenvalue weighted by Crippen LogP contribution is 2.28. The number of anilines is 1. The molecule has 1 heterocycles. The topological polar surface area (TPSA) is 44.7 Å². The van der Waals surface area contributed by atoms with E-state index in [-0.39, 0.29) is 11.9 Å². The molecule has 27 heavy (non-hydrogen) atoms. The van der Waals surface area contributed by atoms with Crippen molar-refractivity contribution >= 4 is 28.5 Å². The fourth-order valence-corrected chi connectivity index (χ4v) is 5.04. The highest BCUT2D eigenvalue weighted by atomic mass is 32.2. The van der Waals surface area contributed by atoms with Crippen LogP contribution in [0.15, 0.2) is 29.3 Å². The zero-order valence-corrected chi connectivity index (χ0v) is 17.7. The molecule has 0 aromatic heterocycles. The van der Waals surface area contributed by atoms with Gasteiger partial charge in [0, 0.05) is 31.0 Å². The number of carbonyl (C=O) groups excluding carboxylic acids is 1. The second-order valence-electron chi connectivity index (χ2n) is 8.16.